The van der Waals surface area contributed by atoms with Gasteiger partial charge in [-0.25, -0.2) is 4.98 Å². The number of nitrogens with one attached hydrogen (secondary N) is 2. The van der Waals surface area contributed by atoms with Gasteiger partial charge in [-0.3, -0.25) is 10.2 Å². The van der Waals surface area contributed by atoms with Crippen LogP contribution in [0.1, 0.15) is 25.3 Å². The van der Waals surface area contributed by atoms with Crippen LogP contribution in [0.25, 0.3) is 11.3 Å². The lowest BCUT2D eigenvalue weighted by atomic mass is 10.1. The van der Waals surface area contributed by atoms with E-state index in [-0.39, 0.29) is 17.4 Å². The number of aromatic nitrogens is 1. The Balaban J connectivity index is 1.62. The van der Waals surface area contributed by atoms with E-state index in [1.54, 1.807) is 6.07 Å². The lowest BCUT2D eigenvalue weighted by Crippen LogP contribution is -2.10. The average Bonchev–Trinajstić information content (AvgIpc) is 3.13. The number of carbonyl (C=O) groups excluding carboxylic acids is 1. The van der Waals surface area contributed by atoms with E-state index in [1.165, 1.54) is 29.7 Å². The summed E-state index contributed by atoms with van der Waals surface area (Å²) < 4.78 is 0. The molecule has 0 radical (unpaired) electrons. The van der Waals surface area contributed by atoms with Gasteiger partial charge in [-0.1, -0.05) is 19.1 Å². The lowest BCUT2D eigenvalue weighted by Gasteiger charge is -2.04. The van der Waals surface area contributed by atoms with Crippen molar-refractivity contribution >= 4 is 34.3 Å². The molecule has 0 bridgehead atoms. The maximum atomic E-state index is 11.6. The van der Waals surface area contributed by atoms with Gasteiger partial charge in [0.25, 0.3) is 0 Å². The number of carbonyl (C=O) groups is 1. The van der Waals surface area contributed by atoms with Crippen LogP contribution in [0.2, 0.25) is 0 Å². The van der Waals surface area contributed by atoms with Gasteiger partial charge < -0.3 is 15.5 Å². The van der Waals surface area contributed by atoms with Crippen LogP contribution in [0.3, 0.4) is 0 Å². The SMILES string of the molecule is CCCC(=O)Nc1ccc(-c2csc(N/N=C\c3ccc(O)cc3O)n2)cc1. The van der Waals surface area contributed by atoms with Crippen molar-refractivity contribution in [2.75, 3.05) is 10.7 Å². The normalized spacial score (nSPS) is 10.9. The van der Waals surface area contributed by atoms with E-state index < -0.39 is 0 Å². The van der Waals surface area contributed by atoms with Crippen LogP contribution < -0.4 is 10.7 Å². The van der Waals surface area contributed by atoms with E-state index in [2.05, 4.69) is 20.8 Å². The van der Waals surface area contributed by atoms with Gasteiger partial charge >= 0.3 is 0 Å². The van der Waals surface area contributed by atoms with Crippen molar-refractivity contribution < 1.29 is 15.0 Å². The number of aromatic hydroxyl groups is 2. The van der Waals surface area contributed by atoms with Gasteiger partial charge in [0.2, 0.25) is 11.0 Å². The van der Waals surface area contributed by atoms with Crippen LogP contribution in [0.5, 0.6) is 11.5 Å². The topological polar surface area (TPSA) is 107 Å². The Morgan fingerprint density at radius 3 is 2.71 bits per heavy atom. The van der Waals surface area contributed by atoms with Crippen molar-refractivity contribution in [1.82, 2.24) is 4.98 Å². The standard InChI is InChI=1S/C20H20N4O3S/c1-2-3-19(27)22-15-7-4-13(5-8-15)17-12-28-20(23-17)24-21-11-14-6-9-16(25)10-18(14)26/h4-12,25-26H,2-3H2,1H3,(H,22,27)(H,23,24)/b21-11-. The molecule has 4 N–H and O–H groups in total. The Morgan fingerprint density at radius 2 is 2.00 bits per heavy atom. The molecule has 0 aliphatic rings. The molecule has 0 unspecified atom stereocenters. The zero-order valence-electron chi connectivity index (χ0n) is 15.2. The molecule has 0 spiro atoms. The van der Waals surface area contributed by atoms with Crippen molar-refractivity contribution in [3.63, 3.8) is 0 Å². The summed E-state index contributed by atoms with van der Waals surface area (Å²) in [5, 5.41) is 28.4. The maximum absolute atomic E-state index is 11.6. The zero-order valence-corrected chi connectivity index (χ0v) is 16.0. The van der Waals surface area contributed by atoms with Gasteiger partial charge in [-0.15, -0.1) is 11.3 Å². The smallest absolute Gasteiger partial charge is 0.224 e. The molecule has 1 amide bonds. The van der Waals surface area contributed by atoms with Crippen molar-refractivity contribution in [3.8, 4) is 22.8 Å². The molecule has 0 aliphatic heterocycles. The van der Waals surface area contributed by atoms with Crippen LogP contribution in [0.15, 0.2) is 52.9 Å². The number of benzene rings is 2. The molecule has 8 heteroatoms. The highest BCUT2D eigenvalue weighted by atomic mass is 32.1. The minimum Gasteiger partial charge on any atom is -0.508 e. The highest BCUT2D eigenvalue weighted by molar-refractivity contribution is 7.14. The van der Waals surface area contributed by atoms with Crippen molar-refractivity contribution in [2.24, 2.45) is 5.10 Å². The van der Waals surface area contributed by atoms with E-state index in [4.69, 9.17) is 0 Å². The molecule has 1 aromatic heterocycles. The molecule has 7 nitrogen and oxygen atoms in total. The zero-order chi connectivity index (χ0) is 19.9. The molecule has 3 rings (SSSR count). The summed E-state index contributed by atoms with van der Waals surface area (Å²) in [4.78, 5) is 16.1. The molecule has 144 valence electrons. The molecule has 28 heavy (non-hydrogen) atoms. The molecule has 0 atom stereocenters. The van der Waals surface area contributed by atoms with Gasteiger partial charge in [0.1, 0.15) is 11.5 Å². The van der Waals surface area contributed by atoms with E-state index in [9.17, 15) is 15.0 Å². The molecule has 0 saturated heterocycles. The second-order valence-corrected chi connectivity index (χ2v) is 6.88. The maximum Gasteiger partial charge on any atom is 0.224 e. The molecule has 0 fully saturated rings. The Bertz CT molecular complexity index is 983. The van der Waals surface area contributed by atoms with Gasteiger partial charge in [0.15, 0.2) is 0 Å². The third-order valence-corrected chi connectivity index (χ3v) is 4.57. The van der Waals surface area contributed by atoms with E-state index in [0.717, 1.165) is 23.4 Å². The van der Waals surface area contributed by atoms with Crippen LogP contribution >= 0.6 is 11.3 Å². The summed E-state index contributed by atoms with van der Waals surface area (Å²) in [6, 6.07) is 11.8. The molecule has 1 heterocycles. The first-order valence-electron chi connectivity index (χ1n) is 8.72. The second-order valence-electron chi connectivity index (χ2n) is 6.03. The molecular weight excluding hydrogens is 376 g/mol. The van der Waals surface area contributed by atoms with Crippen molar-refractivity contribution in [1.29, 1.82) is 0 Å². The first-order chi connectivity index (χ1) is 13.5. The van der Waals surface area contributed by atoms with Gasteiger partial charge in [0.05, 0.1) is 11.9 Å². The number of hydrogen-bond acceptors (Lipinski definition) is 7. The Labute approximate surface area is 166 Å². The van der Waals surface area contributed by atoms with Crippen molar-refractivity contribution in [3.05, 3.63) is 53.4 Å². The van der Waals surface area contributed by atoms with E-state index in [1.807, 2.05) is 36.6 Å². The Morgan fingerprint density at radius 1 is 1.21 bits per heavy atom. The minimum absolute atomic E-state index is 0.00733. The highest BCUT2D eigenvalue weighted by Crippen LogP contribution is 2.26. The number of nitrogens with zero attached hydrogens (tertiary/aromatic N) is 2. The third kappa shape index (κ3) is 5.08. The number of phenolic OH excluding ortho intramolecular Hbond substituents is 2. The summed E-state index contributed by atoms with van der Waals surface area (Å²) in [5.74, 6) is -0.0625. The summed E-state index contributed by atoms with van der Waals surface area (Å²) in [5.41, 5.74) is 5.78. The fourth-order valence-electron chi connectivity index (χ4n) is 2.43. The van der Waals surface area contributed by atoms with Gasteiger partial charge in [-0.05, 0) is 30.7 Å². The highest BCUT2D eigenvalue weighted by Gasteiger charge is 2.06. The van der Waals surface area contributed by atoms with Gasteiger partial charge in [-0.2, -0.15) is 5.10 Å². The monoisotopic (exact) mass is 396 g/mol. The fourth-order valence-corrected chi connectivity index (χ4v) is 3.10. The third-order valence-electron chi connectivity index (χ3n) is 3.82. The predicted molar refractivity (Wildman–Crippen MR) is 112 cm³/mol. The molecule has 3 aromatic rings. The van der Waals surface area contributed by atoms with Crippen molar-refractivity contribution in [2.45, 2.75) is 19.8 Å². The molecule has 2 aromatic carbocycles. The number of rotatable bonds is 7. The predicted octanol–water partition coefficient (Wildman–Crippen LogP) is 4.41. The number of thiazole rings is 1. The van der Waals surface area contributed by atoms with Gasteiger partial charge in [0, 0.05) is 34.7 Å². The summed E-state index contributed by atoms with van der Waals surface area (Å²) in [6.07, 6.45) is 2.77. The molecule has 0 aliphatic carbocycles. The molecular formula is C20H20N4O3S. The van der Waals surface area contributed by atoms with Crippen LogP contribution in [0.4, 0.5) is 10.8 Å². The number of hydrazone groups is 1. The lowest BCUT2D eigenvalue weighted by molar-refractivity contribution is -0.116. The van der Waals surface area contributed by atoms with E-state index in [0.29, 0.717) is 17.1 Å². The Hall–Kier alpha value is -3.39. The van der Waals surface area contributed by atoms with Crippen LogP contribution in [-0.2, 0) is 4.79 Å². The van der Waals surface area contributed by atoms with Crippen LogP contribution in [0, 0.1) is 0 Å². The number of amides is 1. The number of anilines is 2. The van der Waals surface area contributed by atoms with E-state index >= 15 is 0 Å². The number of phenols is 2. The largest absolute Gasteiger partial charge is 0.508 e. The summed E-state index contributed by atoms with van der Waals surface area (Å²) in [7, 11) is 0. The quantitative estimate of drug-likeness (QED) is 0.350. The molecule has 0 saturated carbocycles. The fraction of sp³-hybridized carbons (Fsp3) is 0.150. The summed E-state index contributed by atoms with van der Waals surface area (Å²) >= 11 is 1.40. The first kappa shape index (κ1) is 19.4. The number of hydrogen-bond donors (Lipinski definition) is 4. The first-order valence-corrected chi connectivity index (χ1v) is 9.60. The summed E-state index contributed by atoms with van der Waals surface area (Å²) in [6.45, 7) is 1.97. The minimum atomic E-state index is -0.0588. The van der Waals surface area contributed by atoms with Crippen LogP contribution in [-0.4, -0.2) is 27.3 Å². The Kier molecular flexibility index (Phi) is 6.23. The average molecular weight is 396 g/mol. The second kappa shape index (κ2) is 9.01.